The maximum Gasteiger partial charge on any atom is 0.296 e. The number of nitrogens with zero attached hydrogens (tertiary/aromatic N) is 3. The number of hydrogen-bond donors (Lipinski definition) is 1. The highest BCUT2D eigenvalue weighted by Gasteiger charge is 2.36. The highest BCUT2D eigenvalue weighted by molar-refractivity contribution is 6.06. The normalized spacial score (nSPS) is 19.8. The number of para-hydroxylation sites is 1. The second kappa shape index (κ2) is 8.29. The van der Waals surface area contributed by atoms with Crippen LogP contribution < -0.4 is 10.2 Å². The van der Waals surface area contributed by atoms with E-state index in [-0.39, 0.29) is 36.1 Å². The fourth-order valence-electron chi connectivity index (χ4n) is 4.36. The number of amides is 2. The summed E-state index contributed by atoms with van der Waals surface area (Å²) in [6.45, 7) is 1.03. The van der Waals surface area contributed by atoms with Crippen LogP contribution in [0.2, 0.25) is 0 Å². The zero-order chi connectivity index (χ0) is 22.1. The minimum Gasteiger partial charge on any atom is -0.370 e. The fourth-order valence-corrected chi connectivity index (χ4v) is 4.36. The van der Waals surface area contributed by atoms with Gasteiger partial charge in [0.2, 0.25) is 11.7 Å². The number of nitriles is 1. The molecule has 0 aliphatic carbocycles. The van der Waals surface area contributed by atoms with Gasteiger partial charge in [0.15, 0.2) is 0 Å². The van der Waals surface area contributed by atoms with E-state index in [9.17, 15) is 9.59 Å². The van der Waals surface area contributed by atoms with Crippen molar-refractivity contribution >= 4 is 17.5 Å². The second-order valence-electron chi connectivity index (χ2n) is 7.96. The van der Waals surface area contributed by atoms with E-state index in [1.54, 1.807) is 29.2 Å². The standard InChI is InChI=1S/C24H20N4O4/c25-11-15-4-3-5-16(8-15)20-10-22(32-27-20)24(30)28-12-17(19-6-1-2-7-21(19)28)9-18-13-31-14-23(29)26-18/h1-8,10,17-18H,9,12-14H2,(H,26,29). The maximum absolute atomic E-state index is 13.3. The molecule has 0 radical (unpaired) electrons. The maximum atomic E-state index is 13.3. The van der Waals surface area contributed by atoms with Crippen LogP contribution in [-0.4, -0.2) is 42.8 Å². The Kier molecular flexibility index (Phi) is 5.17. The molecule has 0 spiro atoms. The van der Waals surface area contributed by atoms with Crippen LogP contribution >= 0.6 is 0 Å². The van der Waals surface area contributed by atoms with E-state index in [1.165, 1.54) is 0 Å². The second-order valence-corrected chi connectivity index (χ2v) is 7.96. The summed E-state index contributed by atoms with van der Waals surface area (Å²) in [5, 5.41) is 16.1. The molecule has 0 saturated carbocycles. The Labute approximate surface area is 184 Å². The topological polar surface area (TPSA) is 108 Å². The number of aromatic nitrogens is 1. The number of nitrogens with one attached hydrogen (secondary N) is 1. The number of anilines is 1. The lowest BCUT2D eigenvalue weighted by Gasteiger charge is -2.26. The Morgan fingerprint density at radius 2 is 2.09 bits per heavy atom. The Bertz CT molecular complexity index is 1230. The summed E-state index contributed by atoms with van der Waals surface area (Å²) in [7, 11) is 0. The lowest BCUT2D eigenvalue weighted by molar-refractivity contribution is -0.131. The number of rotatable bonds is 4. The van der Waals surface area contributed by atoms with E-state index in [1.807, 2.05) is 30.3 Å². The monoisotopic (exact) mass is 428 g/mol. The van der Waals surface area contributed by atoms with Crippen LogP contribution in [0.25, 0.3) is 11.3 Å². The van der Waals surface area contributed by atoms with Gasteiger partial charge >= 0.3 is 0 Å². The molecule has 3 aromatic rings. The number of benzene rings is 2. The third kappa shape index (κ3) is 3.74. The number of hydrogen-bond acceptors (Lipinski definition) is 6. The van der Waals surface area contributed by atoms with Crippen molar-refractivity contribution in [1.29, 1.82) is 5.26 Å². The van der Waals surface area contributed by atoms with Crippen molar-refractivity contribution in [3.63, 3.8) is 0 Å². The van der Waals surface area contributed by atoms with Gasteiger partial charge in [0, 0.05) is 29.8 Å². The van der Waals surface area contributed by atoms with Crippen LogP contribution in [0.5, 0.6) is 0 Å². The van der Waals surface area contributed by atoms with Crippen LogP contribution in [0.3, 0.4) is 0 Å². The van der Waals surface area contributed by atoms with Crippen molar-refractivity contribution in [3.8, 4) is 17.3 Å². The molecule has 1 saturated heterocycles. The Morgan fingerprint density at radius 3 is 2.94 bits per heavy atom. The van der Waals surface area contributed by atoms with Crippen molar-refractivity contribution in [2.45, 2.75) is 18.4 Å². The predicted molar refractivity (Wildman–Crippen MR) is 115 cm³/mol. The summed E-state index contributed by atoms with van der Waals surface area (Å²) in [5.74, 6) is -0.196. The van der Waals surface area contributed by atoms with Gasteiger partial charge in [0.25, 0.3) is 5.91 Å². The summed E-state index contributed by atoms with van der Waals surface area (Å²) in [5.41, 5.74) is 3.60. The molecular formula is C24H20N4O4. The molecule has 2 aliphatic heterocycles. The van der Waals surface area contributed by atoms with E-state index in [0.29, 0.717) is 36.4 Å². The van der Waals surface area contributed by atoms with E-state index in [0.717, 1.165) is 11.3 Å². The van der Waals surface area contributed by atoms with Crippen molar-refractivity contribution in [1.82, 2.24) is 10.5 Å². The Hall–Kier alpha value is -3.96. The highest BCUT2D eigenvalue weighted by Crippen LogP contribution is 2.39. The van der Waals surface area contributed by atoms with E-state index in [4.69, 9.17) is 14.5 Å². The molecule has 8 heteroatoms. The van der Waals surface area contributed by atoms with E-state index in [2.05, 4.69) is 16.5 Å². The van der Waals surface area contributed by atoms with Crippen molar-refractivity contribution in [2.24, 2.45) is 0 Å². The average Bonchev–Trinajstić information content (AvgIpc) is 3.45. The predicted octanol–water partition coefficient (Wildman–Crippen LogP) is 2.86. The molecule has 5 rings (SSSR count). The lowest BCUT2D eigenvalue weighted by Crippen LogP contribution is -2.46. The third-order valence-corrected chi connectivity index (χ3v) is 5.81. The van der Waals surface area contributed by atoms with Gasteiger partial charge in [-0.15, -0.1) is 0 Å². The minimum absolute atomic E-state index is 0.0665. The minimum atomic E-state index is -0.279. The summed E-state index contributed by atoms with van der Waals surface area (Å²) in [6.07, 6.45) is 0.676. The van der Waals surface area contributed by atoms with Crippen LogP contribution in [0, 0.1) is 11.3 Å². The van der Waals surface area contributed by atoms with Crippen LogP contribution in [-0.2, 0) is 9.53 Å². The van der Waals surface area contributed by atoms with Gasteiger partial charge in [-0.2, -0.15) is 5.26 Å². The molecule has 1 aromatic heterocycles. The number of ether oxygens (including phenoxy) is 1. The first-order valence-electron chi connectivity index (χ1n) is 10.4. The van der Waals surface area contributed by atoms with Gasteiger partial charge in [0.1, 0.15) is 12.3 Å². The number of morpholine rings is 1. The number of carbonyl (C=O) groups excluding carboxylic acids is 2. The number of fused-ring (bicyclic) bond motifs is 1. The molecule has 2 aromatic carbocycles. The average molecular weight is 428 g/mol. The van der Waals surface area contributed by atoms with Gasteiger partial charge in [-0.1, -0.05) is 35.5 Å². The molecule has 32 heavy (non-hydrogen) atoms. The SMILES string of the molecule is N#Cc1cccc(-c2cc(C(=O)N3CC(CC4COCC(=O)N4)c4ccccc43)on2)c1. The van der Waals surface area contributed by atoms with Crippen molar-refractivity contribution in [2.75, 3.05) is 24.7 Å². The molecule has 1 fully saturated rings. The summed E-state index contributed by atoms with van der Waals surface area (Å²) < 4.78 is 10.7. The number of carbonyl (C=O) groups is 2. The summed E-state index contributed by atoms with van der Waals surface area (Å²) in [4.78, 5) is 26.7. The molecule has 2 unspecified atom stereocenters. The van der Waals surface area contributed by atoms with Crippen LogP contribution in [0.15, 0.2) is 59.1 Å². The molecule has 2 amide bonds. The molecule has 1 N–H and O–H groups in total. The van der Waals surface area contributed by atoms with Crippen molar-refractivity contribution in [3.05, 3.63) is 71.5 Å². The van der Waals surface area contributed by atoms with Crippen LogP contribution in [0.4, 0.5) is 5.69 Å². The van der Waals surface area contributed by atoms with Gasteiger partial charge < -0.3 is 19.5 Å². The zero-order valence-corrected chi connectivity index (χ0v) is 17.2. The van der Waals surface area contributed by atoms with Gasteiger partial charge in [-0.3, -0.25) is 9.59 Å². The molecule has 0 bridgehead atoms. The first-order valence-corrected chi connectivity index (χ1v) is 10.4. The Balaban J connectivity index is 1.38. The van der Waals surface area contributed by atoms with Gasteiger partial charge in [-0.05, 0) is 30.2 Å². The summed E-state index contributed by atoms with van der Waals surface area (Å²) >= 11 is 0. The molecular weight excluding hydrogens is 408 g/mol. The third-order valence-electron chi connectivity index (χ3n) is 5.81. The van der Waals surface area contributed by atoms with E-state index < -0.39 is 0 Å². The van der Waals surface area contributed by atoms with Crippen LogP contribution in [0.1, 0.15) is 34.0 Å². The largest absolute Gasteiger partial charge is 0.370 e. The molecule has 2 atom stereocenters. The van der Waals surface area contributed by atoms with Gasteiger partial charge in [-0.25, -0.2) is 0 Å². The first-order chi connectivity index (χ1) is 15.6. The lowest BCUT2D eigenvalue weighted by atomic mass is 9.94. The Morgan fingerprint density at radius 1 is 1.22 bits per heavy atom. The zero-order valence-electron chi connectivity index (χ0n) is 17.2. The highest BCUT2D eigenvalue weighted by atomic mass is 16.5. The molecule has 8 nitrogen and oxygen atoms in total. The fraction of sp³-hybridized carbons (Fsp3) is 0.250. The van der Waals surface area contributed by atoms with Gasteiger partial charge in [0.05, 0.1) is 24.3 Å². The quantitative estimate of drug-likeness (QED) is 0.685. The van der Waals surface area contributed by atoms with E-state index >= 15 is 0 Å². The molecule has 2 aliphatic rings. The molecule has 160 valence electrons. The van der Waals surface area contributed by atoms with Crippen molar-refractivity contribution < 1.29 is 18.8 Å². The smallest absolute Gasteiger partial charge is 0.296 e. The summed E-state index contributed by atoms with van der Waals surface area (Å²) in [6, 6.07) is 18.4. The molecule has 3 heterocycles. The first kappa shape index (κ1) is 20.0.